The van der Waals surface area contributed by atoms with E-state index in [0.29, 0.717) is 18.7 Å². The summed E-state index contributed by atoms with van der Waals surface area (Å²) in [7, 11) is -3.78. The van der Waals surface area contributed by atoms with Gasteiger partial charge in [0.25, 0.3) is 0 Å². The second kappa shape index (κ2) is 13.2. The molecule has 0 radical (unpaired) electrons. The standard InChI is InChI=1S/C30H37N3O4S/c1-5-18-31-30(35)28(20-25-12-8-6-9-13-25)32(21-26-14-10-7-11-15-26)29(34)22-33(38(4,36)37)27-17-16-23(2)24(3)19-27/h6-17,19,28H,5,18,20-22H2,1-4H3,(H,31,35). The van der Waals surface area contributed by atoms with Crippen LogP contribution in [-0.4, -0.2) is 50.5 Å². The molecule has 0 heterocycles. The predicted octanol–water partition coefficient (Wildman–Crippen LogP) is 4.24. The van der Waals surface area contributed by atoms with Crippen LogP contribution in [0.5, 0.6) is 0 Å². The monoisotopic (exact) mass is 535 g/mol. The van der Waals surface area contributed by atoms with Crippen LogP contribution >= 0.6 is 0 Å². The maximum atomic E-state index is 14.0. The Morgan fingerprint density at radius 1 is 0.868 bits per heavy atom. The van der Waals surface area contributed by atoms with Gasteiger partial charge in [0.15, 0.2) is 0 Å². The molecule has 0 aliphatic heterocycles. The highest BCUT2D eigenvalue weighted by Crippen LogP contribution is 2.23. The van der Waals surface area contributed by atoms with E-state index in [9.17, 15) is 18.0 Å². The summed E-state index contributed by atoms with van der Waals surface area (Å²) >= 11 is 0. The molecular weight excluding hydrogens is 498 g/mol. The third-order valence-electron chi connectivity index (χ3n) is 6.47. The number of carbonyl (C=O) groups is 2. The SMILES string of the molecule is CCCNC(=O)C(Cc1ccccc1)N(Cc1ccccc1)C(=O)CN(c1ccc(C)c(C)c1)S(C)(=O)=O. The van der Waals surface area contributed by atoms with E-state index in [-0.39, 0.29) is 12.5 Å². The normalized spacial score (nSPS) is 12.0. The number of nitrogens with zero attached hydrogens (tertiary/aromatic N) is 2. The molecule has 0 spiro atoms. The number of aryl methyl sites for hydroxylation is 2. The second-order valence-electron chi connectivity index (χ2n) is 9.54. The van der Waals surface area contributed by atoms with E-state index in [1.165, 1.54) is 4.90 Å². The molecule has 8 heteroatoms. The average Bonchev–Trinajstić information content (AvgIpc) is 2.90. The van der Waals surface area contributed by atoms with Crippen molar-refractivity contribution in [3.63, 3.8) is 0 Å². The van der Waals surface area contributed by atoms with Crippen molar-refractivity contribution in [2.45, 2.75) is 46.2 Å². The Morgan fingerprint density at radius 2 is 1.47 bits per heavy atom. The molecular formula is C30H37N3O4S. The van der Waals surface area contributed by atoms with Crippen LogP contribution in [0.4, 0.5) is 5.69 Å². The fraction of sp³-hybridized carbons (Fsp3) is 0.333. The van der Waals surface area contributed by atoms with Crippen LogP contribution in [0, 0.1) is 13.8 Å². The van der Waals surface area contributed by atoms with Gasteiger partial charge >= 0.3 is 0 Å². The minimum Gasteiger partial charge on any atom is -0.354 e. The number of benzene rings is 3. The second-order valence-corrected chi connectivity index (χ2v) is 11.4. The van der Waals surface area contributed by atoms with Crippen molar-refractivity contribution in [1.82, 2.24) is 10.2 Å². The lowest BCUT2D eigenvalue weighted by Crippen LogP contribution is -2.53. The smallest absolute Gasteiger partial charge is 0.244 e. The van der Waals surface area contributed by atoms with E-state index in [4.69, 9.17) is 0 Å². The highest BCUT2D eigenvalue weighted by atomic mass is 32.2. The summed E-state index contributed by atoms with van der Waals surface area (Å²) in [6, 6.07) is 23.4. The van der Waals surface area contributed by atoms with Crippen LogP contribution in [0.2, 0.25) is 0 Å². The molecule has 0 fully saturated rings. The third-order valence-corrected chi connectivity index (χ3v) is 7.61. The summed E-state index contributed by atoms with van der Waals surface area (Å²) in [5, 5.41) is 2.94. The molecule has 1 N–H and O–H groups in total. The van der Waals surface area contributed by atoms with Crippen molar-refractivity contribution in [3.8, 4) is 0 Å². The quantitative estimate of drug-likeness (QED) is 0.376. The number of amides is 2. The van der Waals surface area contributed by atoms with Gasteiger partial charge in [-0.15, -0.1) is 0 Å². The minimum absolute atomic E-state index is 0.168. The molecule has 0 aromatic heterocycles. The Balaban J connectivity index is 2.03. The van der Waals surface area contributed by atoms with Gasteiger partial charge in [0.05, 0.1) is 11.9 Å². The van der Waals surface area contributed by atoms with Gasteiger partial charge in [-0.1, -0.05) is 73.7 Å². The largest absolute Gasteiger partial charge is 0.354 e. The molecule has 1 unspecified atom stereocenters. The highest BCUT2D eigenvalue weighted by molar-refractivity contribution is 7.92. The molecule has 0 saturated carbocycles. The van der Waals surface area contributed by atoms with Crippen LogP contribution in [0.15, 0.2) is 78.9 Å². The molecule has 2 amide bonds. The molecule has 0 saturated heterocycles. The molecule has 3 aromatic rings. The number of nitrogens with one attached hydrogen (secondary N) is 1. The van der Waals surface area contributed by atoms with Gasteiger partial charge in [-0.3, -0.25) is 13.9 Å². The van der Waals surface area contributed by atoms with Crippen molar-refractivity contribution in [2.24, 2.45) is 0 Å². The fourth-order valence-electron chi connectivity index (χ4n) is 4.19. The number of carbonyl (C=O) groups excluding carboxylic acids is 2. The van der Waals surface area contributed by atoms with Gasteiger partial charge in [-0.25, -0.2) is 8.42 Å². The van der Waals surface area contributed by atoms with Gasteiger partial charge < -0.3 is 10.2 Å². The number of rotatable bonds is 12. The molecule has 0 aliphatic rings. The first-order chi connectivity index (χ1) is 18.1. The van der Waals surface area contributed by atoms with Gasteiger partial charge in [0.2, 0.25) is 21.8 Å². The summed E-state index contributed by atoms with van der Waals surface area (Å²) in [6.07, 6.45) is 2.15. The summed E-state index contributed by atoms with van der Waals surface area (Å²) in [5.41, 5.74) is 4.11. The number of hydrogen-bond acceptors (Lipinski definition) is 4. The lowest BCUT2D eigenvalue weighted by atomic mass is 10.0. The van der Waals surface area contributed by atoms with Crippen LogP contribution in [0.25, 0.3) is 0 Å². The third kappa shape index (κ3) is 7.92. The average molecular weight is 536 g/mol. The molecule has 3 aromatic carbocycles. The van der Waals surface area contributed by atoms with E-state index < -0.39 is 28.5 Å². The molecule has 202 valence electrons. The highest BCUT2D eigenvalue weighted by Gasteiger charge is 2.32. The topological polar surface area (TPSA) is 86.8 Å². The van der Waals surface area contributed by atoms with Gasteiger partial charge in [0.1, 0.15) is 12.6 Å². The summed E-state index contributed by atoms with van der Waals surface area (Å²) in [5.74, 6) is -0.720. The first kappa shape index (κ1) is 28.9. The zero-order valence-corrected chi connectivity index (χ0v) is 23.4. The fourth-order valence-corrected chi connectivity index (χ4v) is 5.04. The van der Waals surface area contributed by atoms with Gasteiger partial charge in [-0.2, -0.15) is 0 Å². The van der Waals surface area contributed by atoms with E-state index in [1.807, 2.05) is 87.5 Å². The molecule has 3 rings (SSSR count). The van der Waals surface area contributed by atoms with Gasteiger partial charge in [0, 0.05) is 19.5 Å². The van der Waals surface area contributed by atoms with Crippen molar-refractivity contribution in [3.05, 3.63) is 101 Å². The number of anilines is 1. The Kier molecular flexibility index (Phi) is 10.1. The Morgan fingerprint density at radius 3 is 2.03 bits per heavy atom. The van der Waals surface area contributed by atoms with Crippen LogP contribution in [0.1, 0.15) is 35.6 Å². The molecule has 0 aliphatic carbocycles. The Bertz CT molecular complexity index is 1330. The van der Waals surface area contributed by atoms with E-state index >= 15 is 0 Å². The zero-order valence-electron chi connectivity index (χ0n) is 22.6. The van der Waals surface area contributed by atoms with Crippen molar-refractivity contribution in [1.29, 1.82) is 0 Å². The maximum absolute atomic E-state index is 14.0. The summed E-state index contributed by atoms with van der Waals surface area (Å²) in [6.45, 7) is 6.04. The first-order valence-corrected chi connectivity index (χ1v) is 14.6. The van der Waals surface area contributed by atoms with Crippen molar-refractivity contribution in [2.75, 3.05) is 23.7 Å². The lowest BCUT2D eigenvalue weighted by molar-refractivity contribution is -0.140. The molecule has 1 atom stereocenters. The minimum atomic E-state index is -3.78. The van der Waals surface area contributed by atoms with Crippen LogP contribution < -0.4 is 9.62 Å². The lowest BCUT2D eigenvalue weighted by Gasteiger charge is -2.33. The van der Waals surface area contributed by atoms with Crippen LogP contribution in [-0.2, 0) is 32.6 Å². The van der Waals surface area contributed by atoms with E-state index in [2.05, 4.69) is 5.32 Å². The zero-order chi connectivity index (χ0) is 27.7. The van der Waals surface area contributed by atoms with Crippen LogP contribution in [0.3, 0.4) is 0 Å². The molecule has 0 bridgehead atoms. The number of sulfonamides is 1. The summed E-state index contributed by atoms with van der Waals surface area (Å²) in [4.78, 5) is 28.9. The maximum Gasteiger partial charge on any atom is 0.244 e. The molecule has 38 heavy (non-hydrogen) atoms. The van der Waals surface area contributed by atoms with Gasteiger partial charge in [-0.05, 0) is 54.7 Å². The first-order valence-electron chi connectivity index (χ1n) is 12.8. The predicted molar refractivity (Wildman–Crippen MR) is 152 cm³/mol. The van der Waals surface area contributed by atoms with E-state index in [0.717, 1.165) is 39.2 Å². The Hall–Kier alpha value is -3.65. The summed E-state index contributed by atoms with van der Waals surface area (Å²) < 4.78 is 26.8. The number of hydrogen-bond donors (Lipinski definition) is 1. The van der Waals surface area contributed by atoms with Crippen molar-refractivity contribution < 1.29 is 18.0 Å². The Labute approximate surface area is 226 Å². The van der Waals surface area contributed by atoms with E-state index in [1.54, 1.807) is 12.1 Å². The van der Waals surface area contributed by atoms with Crippen molar-refractivity contribution >= 4 is 27.5 Å². The molecule has 7 nitrogen and oxygen atoms in total.